The molecule has 1 N–H and O–H groups in total. The number of nitrogens with zero attached hydrogens (tertiary/aromatic N) is 3. The molecule has 11 heteroatoms. The van der Waals surface area contributed by atoms with E-state index in [1.54, 1.807) is 44.4 Å². The summed E-state index contributed by atoms with van der Waals surface area (Å²) in [5, 5.41) is 21.9. The van der Waals surface area contributed by atoms with Crippen LogP contribution in [0.5, 0.6) is 11.5 Å². The zero-order valence-electron chi connectivity index (χ0n) is 16.2. The zero-order chi connectivity index (χ0) is 21.5. The van der Waals surface area contributed by atoms with E-state index in [0.29, 0.717) is 29.6 Å². The summed E-state index contributed by atoms with van der Waals surface area (Å²) in [4.78, 5) is 22.9. The van der Waals surface area contributed by atoms with Gasteiger partial charge in [-0.05, 0) is 37.3 Å². The molecule has 0 saturated heterocycles. The van der Waals surface area contributed by atoms with Gasteiger partial charge in [-0.3, -0.25) is 14.9 Å². The first kappa shape index (κ1) is 21.1. The second-order valence-electron chi connectivity index (χ2n) is 5.81. The number of amides is 1. The van der Waals surface area contributed by atoms with E-state index in [-0.39, 0.29) is 22.4 Å². The number of hydrogen-bond donors (Lipinski definition) is 1. The standard InChI is InChI=1S/C19H18N4O6S/c1-3-28-14-7-8-15(16(10-14)23(25)26)20-17(24)11-30-19-22-21-18(29-19)12-5-4-6-13(9-12)27-2/h4-10H,3,11H2,1-2H3,(H,20,24). The molecule has 0 aliphatic carbocycles. The monoisotopic (exact) mass is 430 g/mol. The van der Waals surface area contributed by atoms with Gasteiger partial charge in [-0.15, -0.1) is 10.2 Å². The second-order valence-corrected chi connectivity index (χ2v) is 6.74. The van der Waals surface area contributed by atoms with Crippen LogP contribution in [-0.2, 0) is 4.79 Å². The summed E-state index contributed by atoms with van der Waals surface area (Å²) in [6.07, 6.45) is 0. The summed E-state index contributed by atoms with van der Waals surface area (Å²) in [5.41, 5.74) is 0.511. The SMILES string of the molecule is CCOc1ccc(NC(=O)CSc2nnc(-c3cccc(OC)c3)o2)c([N+](=O)[O-])c1. The Balaban J connectivity index is 1.63. The van der Waals surface area contributed by atoms with Crippen LogP contribution in [-0.4, -0.2) is 40.5 Å². The first-order valence-electron chi connectivity index (χ1n) is 8.82. The predicted octanol–water partition coefficient (Wildman–Crippen LogP) is 3.78. The van der Waals surface area contributed by atoms with Crippen molar-refractivity contribution in [3.8, 4) is 23.0 Å². The molecule has 0 aliphatic heterocycles. The molecule has 1 aromatic heterocycles. The molecule has 0 atom stereocenters. The summed E-state index contributed by atoms with van der Waals surface area (Å²) in [5.74, 6) is 0.778. The molecule has 10 nitrogen and oxygen atoms in total. The average Bonchev–Trinajstić information content (AvgIpc) is 3.22. The van der Waals surface area contributed by atoms with Gasteiger partial charge in [-0.25, -0.2) is 0 Å². The molecule has 156 valence electrons. The van der Waals surface area contributed by atoms with Crippen LogP contribution in [0.15, 0.2) is 52.1 Å². The Labute approximate surface area is 175 Å². The minimum absolute atomic E-state index is 0.0654. The first-order chi connectivity index (χ1) is 14.5. The molecule has 0 unspecified atom stereocenters. The lowest BCUT2D eigenvalue weighted by atomic mass is 10.2. The number of benzene rings is 2. The van der Waals surface area contributed by atoms with Crippen molar-refractivity contribution in [3.63, 3.8) is 0 Å². The van der Waals surface area contributed by atoms with Gasteiger partial charge in [0.2, 0.25) is 11.8 Å². The molecule has 0 spiro atoms. The number of ether oxygens (including phenoxy) is 2. The number of nitro groups is 1. The topological polar surface area (TPSA) is 130 Å². The number of carbonyl (C=O) groups excluding carboxylic acids is 1. The van der Waals surface area contributed by atoms with E-state index in [9.17, 15) is 14.9 Å². The number of carbonyl (C=O) groups is 1. The van der Waals surface area contributed by atoms with E-state index < -0.39 is 10.8 Å². The highest BCUT2D eigenvalue weighted by atomic mass is 32.2. The lowest BCUT2D eigenvalue weighted by molar-refractivity contribution is -0.384. The fourth-order valence-corrected chi connectivity index (χ4v) is 3.04. The summed E-state index contributed by atoms with van der Waals surface area (Å²) in [6, 6.07) is 11.4. The molecule has 3 aromatic rings. The fourth-order valence-electron chi connectivity index (χ4n) is 2.48. The van der Waals surface area contributed by atoms with Crippen LogP contribution < -0.4 is 14.8 Å². The molecule has 0 radical (unpaired) electrons. The van der Waals surface area contributed by atoms with Crippen LogP contribution in [0, 0.1) is 10.1 Å². The smallest absolute Gasteiger partial charge is 0.296 e. The molecule has 2 aromatic carbocycles. The van der Waals surface area contributed by atoms with Crippen molar-refractivity contribution in [2.24, 2.45) is 0 Å². The van der Waals surface area contributed by atoms with Gasteiger partial charge in [0.1, 0.15) is 17.2 Å². The van der Waals surface area contributed by atoms with Crippen LogP contribution in [0.4, 0.5) is 11.4 Å². The van der Waals surface area contributed by atoms with Crippen LogP contribution in [0.3, 0.4) is 0 Å². The van der Waals surface area contributed by atoms with E-state index in [0.717, 1.165) is 11.8 Å². The largest absolute Gasteiger partial charge is 0.497 e. The number of hydrogen-bond acceptors (Lipinski definition) is 9. The Hall–Kier alpha value is -3.60. The van der Waals surface area contributed by atoms with Gasteiger partial charge in [0.25, 0.3) is 10.9 Å². The van der Waals surface area contributed by atoms with Crippen molar-refractivity contribution in [1.82, 2.24) is 10.2 Å². The zero-order valence-corrected chi connectivity index (χ0v) is 17.0. The van der Waals surface area contributed by atoms with Gasteiger partial charge >= 0.3 is 0 Å². The molecular weight excluding hydrogens is 412 g/mol. The molecule has 1 heterocycles. The highest BCUT2D eigenvalue weighted by Crippen LogP contribution is 2.30. The van der Waals surface area contributed by atoms with Crippen LogP contribution >= 0.6 is 11.8 Å². The minimum Gasteiger partial charge on any atom is -0.497 e. The van der Waals surface area contributed by atoms with E-state index in [1.165, 1.54) is 12.1 Å². The number of rotatable bonds is 9. The highest BCUT2D eigenvalue weighted by Gasteiger charge is 2.18. The number of methoxy groups -OCH3 is 1. The number of aromatic nitrogens is 2. The molecular formula is C19H18N4O6S. The third kappa shape index (κ3) is 5.26. The van der Waals surface area contributed by atoms with Gasteiger partial charge in [-0.1, -0.05) is 17.8 Å². The Morgan fingerprint density at radius 3 is 2.80 bits per heavy atom. The third-order valence-electron chi connectivity index (χ3n) is 3.80. The number of thioether (sulfide) groups is 1. The van der Waals surface area contributed by atoms with Crippen molar-refractivity contribution < 1.29 is 23.6 Å². The molecule has 1 amide bonds. The molecule has 0 bridgehead atoms. The van der Waals surface area contributed by atoms with Crippen molar-refractivity contribution in [1.29, 1.82) is 0 Å². The Kier molecular flexibility index (Phi) is 6.86. The Morgan fingerprint density at radius 2 is 2.07 bits per heavy atom. The van der Waals surface area contributed by atoms with Gasteiger partial charge < -0.3 is 19.2 Å². The van der Waals surface area contributed by atoms with Crippen molar-refractivity contribution in [3.05, 3.63) is 52.6 Å². The van der Waals surface area contributed by atoms with Gasteiger partial charge in [0, 0.05) is 5.56 Å². The van der Waals surface area contributed by atoms with Crippen LogP contribution in [0.25, 0.3) is 11.5 Å². The Morgan fingerprint density at radius 1 is 1.23 bits per heavy atom. The molecule has 0 saturated carbocycles. The van der Waals surface area contributed by atoms with Crippen molar-refractivity contribution in [2.45, 2.75) is 12.1 Å². The molecule has 30 heavy (non-hydrogen) atoms. The van der Waals surface area contributed by atoms with Crippen molar-refractivity contribution >= 4 is 29.0 Å². The maximum atomic E-state index is 12.2. The van der Waals surface area contributed by atoms with E-state index in [1.807, 2.05) is 0 Å². The maximum absolute atomic E-state index is 12.2. The lowest BCUT2D eigenvalue weighted by Gasteiger charge is -2.07. The molecule has 0 fully saturated rings. The molecule has 0 aliphatic rings. The van der Waals surface area contributed by atoms with Gasteiger partial charge in [0.05, 0.1) is 30.5 Å². The quantitative estimate of drug-likeness (QED) is 0.306. The third-order valence-corrected chi connectivity index (χ3v) is 4.62. The summed E-state index contributed by atoms with van der Waals surface area (Å²) >= 11 is 1.02. The summed E-state index contributed by atoms with van der Waals surface area (Å²) in [7, 11) is 1.56. The van der Waals surface area contributed by atoms with E-state index >= 15 is 0 Å². The Bertz CT molecular complexity index is 1060. The molecule has 3 rings (SSSR count). The fraction of sp³-hybridized carbons (Fsp3) is 0.211. The van der Waals surface area contributed by atoms with Crippen LogP contribution in [0.2, 0.25) is 0 Å². The van der Waals surface area contributed by atoms with Crippen molar-refractivity contribution in [2.75, 3.05) is 24.8 Å². The number of nitro benzene ring substituents is 1. The number of anilines is 1. The maximum Gasteiger partial charge on any atom is 0.296 e. The second kappa shape index (κ2) is 9.74. The normalized spacial score (nSPS) is 10.5. The van der Waals surface area contributed by atoms with Gasteiger partial charge in [-0.2, -0.15) is 0 Å². The minimum atomic E-state index is -0.580. The first-order valence-corrected chi connectivity index (χ1v) is 9.80. The van der Waals surface area contributed by atoms with E-state index in [4.69, 9.17) is 13.9 Å². The van der Waals surface area contributed by atoms with E-state index in [2.05, 4.69) is 15.5 Å². The van der Waals surface area contributed by atoms with Crippen LogP contribution in [0.1, 0.15) is 6.92 Å². The predicted molar refractivity (Wildman–Crippen MR) is 110 cm³/mol. The highest BCUT2D eigenvalue weighted by molar-refractivity contribution is 7.99. The average molecular weight is 430 g/mol. The number of nitrogens with one attached hydrogen (secondary N) is 1. The summed E-state index contributed by atoms with van der Waals surface area (Å²) < 4.78 is 16.0. The van der Waals surface area contributed by atoms with Gasteiger partial charge in [0.15, 0.2) is 0 Å². The lowest BCUT2D eigenvalue weighted by Crippen LogP contribution is -2.15. The summed E-state index contributed by atoms with van der Waals surface area (Å²) in [6.45, 7) is 2.15.